The van der Waals surface area contributed by atoms with Crippen LogP contribution in [0.2, 0.25) is 0 Å². The van der Waals surface area contributed by atoms with E-state index in [-0.39, 0.29) is 17.9 Å². The molecule has 1 unspecified atom stereocenters. The number of Topliss-reactive ketones (excluding diaryl/α,β-unsaturated/α-hetero) is 1. The van der Waals surface area contributed by atoms with E-state index >= 15 is 0 Å². The molecule has 0 fully saturated rings. The zero-order valence-electron chi connectivity index (χ0n) is 19.6. The number of aliphatic hydroxyl groups excluding tert-OH is 2. The Balaban J connectivity index is 1.59. The summed E-state index contributed by atoms with van der Waals surface area (Å²) in [5.41, 5.74) is -0.239. The Labute approximate surface area is 214 Å². The lowest BCUT2D eigenvalue weighted by Gasteiger charge is -2.12. The Morgan fingerprint density at radius 3 is 2.39 bits per heavy atom. The van der Waals surface area contributed by atoms with Crippen molar-refractivity contribution in [2.24, 2.45) is 0 Å². The second-order valence-corrected chi connectivity index (χ2v) is 8.22. The van der Waals surface area contributed by atoms with Gasteiger partial charge < -0.3 is 24.8 Å². The first-order valence-corrected chi connectivity index (χ1v) is 11.2. The molecule has 1 heterocycles. The summed E-state index contributed by atoms with van der Waals surface area (Å²) >= 11 is 0. The average Bonchev–Trinajstić information content (AvgIpc) is 3.30. The van der Waals surface area contributed by atoms with Gasteiger partial charge in [-0.1, -0.05) is 18.2 Å². The number of fused-ring (bicyclic) bond motifs is 1. The number of amides is 1. The number of aliphatic hydroxyl groups is 2. The zero-order chi connectivity index (χ0) is 27.4. The minimum Gasteiger partial charge on any atom is -0.457 e. The highest BCUT2D eigenvalue weighted by Gasteiger charge is 2.33. The van der Waals surface area contributed by atoms with Crippen molar-refractivity contribution in [2.75, 3.05) is 13.2 Å². The third kappa shape index (κ3) is 5.51. The van der Waals surface area contributed by atoms with Gasteiger partial charge in [-0.05, 0) is 48.5 Å². The Hall–Kier alpha value is -4.66. The third-order valence-electron chi connectivity index (χ3n) is 5.64. The van der Waals surface area contributed by atoms with Crippen LogP contribution in [0.4, 0.5) is 13.2 Å². The van der Waals surface area contributed by atoms with Crippen LogP contribution in [0.1, 0.15) is 21.5 Å². The maximum absolute atomic E-state index is 13.0. The van der Waals surface area contributed by atoms with E-state index in [1.165, 1.54) is 12.3 Å². The van der Waals surface area contributed by atoms with Crippen molar-refractivity contribution in [1.82, 2.24) is 9.88 Å². The summed E-state index contributed by atoms with van der Waals surface area (Å²) in [6, 6.07) is 17.8. The summed E-state index contributed by atoms with van der Waals surface area (Å²) < 4.78 is 46.4. The number of alkyl halides is 3. The Morgan fingerprint density at radius 2 is 1.74 bits per heavy atom. The van der Waals surface area contributed by atoms with Crippen LogP contribution in [0.15, 0.2) is 72.9 Å². The maximum atomic E-state index is 13.0. The molecule has 8 nitrogen and oxygen atoms in total. The molecule has 194 valence electrons. The van der Waals surface area contributed by atoms with Gasteiger partial charge in [-0.25, -0.2) is 0 Å². The first-order chi connectivity index (χ1) is 18.1. The predicted molar refractivity (Wildman–Crippen MR) is 130 cm³/mol. The van der Waals surface area contributed by atoms with Gasteiger partial charge >= 0.3 is 6.18 Å². The van der Waals surface area contributed by atoms with E-state index in [1.54, 1.807) is 53.1 Å². The number of hydrogen-bond acceptors (Lipinski definition) is 6. The lowest BCUT2D eigenvalue weighted by Crippen LogP contribution is -2.37. The molecule has 1 atom stereocenters. The number of nitrogens with one attached hydrogen (secondary N) is 1. The van der Waals surface area contributed by atoms with E-state index in [0.29, 0.717) is 22.3 Å². The number of hydrogen-bond donors (Lipinski definition) is 3. The van der Waals surface area contributed by atoms with Crippen LogP contribution >= 0.6 is 0 Å². The number of nitriles is 1. The highest BCUT2D eigenvalue weighted by Crippen LogP contribution is 2.35. The smallest absolute Gasteiger partial charge is 0.417 e. The van der Waals surface area contributed by atoms with Gasteiger partial charge in [0.15, 0.2) is 0 Å². The molecule has 0 aliphatic rings. The standard InChI is InChI=1S/C27H20F3N3O5/c28-27(29,30)23-10-9-20(11-16(23)12-31)38-19-7-5-17(6-8-19)33-14-22(21-3-1-2-4-24(21)33)25(36)26(37)32-13-18(35)15-34/h1-11,14,18,34-35H,13,15H2,(H,32,37). The van der Waals surface area contributed by atoms with Crippen LogP contribution in [-0.4, -0.2) is 45.7 Å². The van der Waals surface area contributed by atoms with Gasteiger partial charge in [0, 0.05) is 23.8 Å². The number of ketones is 1. The molecule has 0 aliphatic carbocycles. The summed E-state index contributed by atoms with van der Waals surface area (Å²) in [5, 5.41) is 30.2. The van der Waals surface area contributed by atoms with Gasteiger partial charge in [0.2, 0.25) is 0 Å². The molecule has 0 saturated carbocycles. The Morgan fingerprint density at radius 1 is 1.05 bits per heavy atom. The molecule has 0 spiro atoms. The number of halogens is 3. The summed E-state index contributed by atoms with van der Waals surface area (Å²) in [4.78, 5) is 25.1. The number of para-hydroxylation sites is 1. The maximum Gasteiger partial charge on any atom is 0.417 e. The fraction of sp³-hybridized carbons (Fsp3) is 0.148. The van der Waals surface area contributed by atoms with Gasteiger partial charge in [-0.15, -0.1) is 0 Å². The monoisotopic (exact) mass is 523 g/mol. The van der Waals surface area contributed by atoms with E-state index in [9.17, 15) is 27.9 Å². The van der Waals surface area contributed by atoms with Crippen LogP contribution in [0, 0.1) is 11.3 Å². The molecule has 0 bridgehead atoms. The summed E-state index contributed by atoms with van der Waals surface area (Å²) in [7, 11) is 0. The van der Waals surface area contributed by atoms with Gasteiger partial charge in [0.05, 0.1) is 41.0 Å². The summed E-state index contributed by atoms with van der Waals surface area (Å²) in [5.74, 6) is -1.40. The molecular weight excluding hydrogens is 503 g/mol. The Bertz CT molecular complexity index is 1540. The fourth-order valence-electron chi connectivity index (χ4n) is 3.79. The minimum atomic E-state index is -4.66. The molecule has 3 aromatic carbocycles. The first-order valence-electron chi connectivity index (χ1n) is 11.2. The van der Waals surface area contributed by atoms with Crippen LogP contribution in [-0.2, 0) is 11.0 Å². The van der Waals surface area contributed by atoms with Crippen molar-refractivity contribution in [2.45, 2.75) is 12.3 Å². The highest BCUT2D eigenvalue weighted by molar-refractivity contribution is 6.45. The lowest BCUT2D eigenvalue weighted by atomic mass is 10.1. The van der Waals surface area contributed by atoms with Crippen LogP contribution in [0.3, 0.4) is 0 Å². The van der Waals surface area contributed by atoms with E-state index < -0.39 is 41.7 Å². The van der Waals surface area contributed by atoms with Gasteiger partial charge in [0.1, 0.15) is 11.5 Å². The molecule has 0 aliphatic heterocycles. The molecule has 1 amide bonds. The SMILES string of the molecule is N#Cc1cc(Oc2ccc(-n3cc(C(=O)C(=O)NCC(O)CO)c4ccccc43)cc2)ccc1C(F)(F)F. The molecule has 11 heteroatoms. The number of rotatable bonds is 8. The van der Waals surface area contributed by atoms with E-state index in [2.05, 4.69) is 5.32 Å². The topological polar surface area (TPSA) is 125 Å². The quantitative estimate of drug-likeness (QED) is 0.237. The number of benzene rings is 3. The molecule has 3 N–H and O–H groups in total. The van der Waals surface area contributed by atoms with E-state index in [0.717, 1.165) is 18.2 Å². The van der Waals surface area contributed by atoms with E-state index in [4.69, 9.17) is 15.1 Å². The molecular formula is C27H20F3N3O5. The van der Waals surface area contributed by atoms with Crippen molar-refractivity contribution in [3.05, 3.63) is 89.6 Å². The van der Waals surface area contributed by atoms with Crippen molar-refractivity contribution < 1.29 is 37.7 Å². The van der Waals surface area contributed by atoms with Crippen LogP contribution < -0.4 is 10.1 Å². The molecule has 0 saturated heterocycles. The van der Waals surface area contributed by atoms with Crippen molar-refractivity contribution in [3.63, 3.8) is 0 Å². The zero-order valence-corrected chi connectivity index (χ0v) is 19.6. The minimum absolute atomic E-state index is 0.0546. The van der Waals surface area contributed by atoms with E-state index in [1.807, 2.05) is 0 Å². The predicted octanol–water partition coefficient (Wildman–Crippen LogP) is 3.97. The second-order valence-electron chi connectivity index (χ2n) is 8.22. The molecule has 0 radical (unpaired) electrons. The first kappa shape index (κ1) is 26.4. The lowest BCUT2D eigenvalue weighted by molar-refractivity contribution is -0.137. The van der Waals surface area contributed by atoms with Crippen LogP contribution in [0.5, 0.6) is 11.5 Å². The largest absolute Gasteiger partial charge is 0.457 e. The number of aromatic nitrogens is 1. The summed E-state index contributed by atoms with van der Waals surface area (Å²) in [6.07, 6.45) is -4.35. The van der Waals surface area contributed by atoms with Gasteiger partial charge in [-0.2, -0.15) is 18.4 Å². The fourth-order valence-corrected chi connectivity index (χ4v) is 3.79. The number of carbonyl (C=O) groups excluding carboxylic acids is 2. The molecule has 4 rings (SSSR count). The molecule has 1 aromatic heterocycles. The van der Waals surface area contributed by atoms with Crippen LogP contribution in [0.25, 0.3) is 16.6 Å². The molecule has 38 heavy (non-hydrogen) atoms. The summed E-state index contributed by atoms with van der Waals surface area (Å²) in [6.45, 7) is -0.845. The molecule has 4 aromatic rings. The average molecular weight is 523 g/mol. The Kier molecular flexibility index (Phi) is 7.47. The number of ether oxygens (including phenoxy) is 1. The third-order valence-corrected chi connectivity index (χ3v) is 5.64. The normalized spacial score (nSPS) is 12.1. The van der Waals surface area contributed by atoms with Crippen molar-refractivity contribution >= 4 is 22.6 Å². The second kappa shape index (κ2) is 10.8. The van der Waals surface area contributed by atoms with Gasteiger partial charge in [0.25, 0.3) is 11.7 Å². The number of nitrogens with zero attached hydrogens (tertiary/aromatic N) is 2. The van der Waals surface area contributed by atoms with Gasteiger partial charge in [-0.3, -0.25) is 9.59 Å². The van der Waals surface area contributed by atoms with Crippen molar-refractivity contribution in [1.29, 1.82) is 5.26 Å². The number of carbonyl (C=O) groups is 2. The highest BCUT2D eigenvalue weighted by atomic mass is 19.4. The van der Waals surface area contributed by atoms with Crippen molar-refractivity contribution in [3.8, 4) is 23.3 Å².